The molecule has 30 heavy (non-hydrogen) atoms. The first kappa shape index (κ1) is 19.5. The summed E-state index contributed by atoms with van der Waals surface area (Å²) in [6.45, 7) is 2.26. The number of nitriles is 1. The molecule has 3 fully saturated rings. The highest BCUT2D eigenvalue weighted by atomic mass is 19.1. The van der Waals surface area contributed by atoms with Crippen molar-refractivity contribution in [1.29, 1.82) is 5.26 Å². The highest BCUT2D eigenvalue weighted by molar-refractivity contribution is 5.99. The summed E-state index contributed by atoms with van der Waals surface area (Å²) in [6, 6.07) is 11.8. The molecule has 1 N–H and O–H groups in total. The van der Waals surface area contributed by atoms with Gasteiger partial charge in [0.2, 0.25) is 0 Å². The first-order valence-corrected chi connectivity index (χ1v) is 10.8. The average molecular weight is 407 g/mol. The average Bonchev–Trinajstić information content (AvgIpc) is 3.35. The molecule has 2 saturated heterocycles. The van der Waals surface area contributed by atoms with Crippen molar-refractivity contribution in [3.8, 4) is 11.8 Å². The number of hydrogen-bond acceptors (Lipinski definition) is 4. The van der Waals surface area contributed by atoms with Crippen LogP contribution in [0.5, 0.6) is 0 Å². The fourth-order valence-corrected chi connectivity index (χ4v) is 5.60. The Labute approximate surface area is 175 Å². The van der Waals surface area contributed by atoms with Crippen LogP contribution in [0.15, 0.2) is 30.3 Å². The number of rotatable bonds is 5. The first-order chi connectivity index (χ1) is 14.5. The molecule has 2 aromatic rings. The quantitative estimate of drug-likeness (QED) is 0.768. The van der Waals surface area contributed by atoms with E-state index in [1.807, 2.05) is 25.1 Å². The molecule has 5 nitrogen and oxygen atoms in total. The van der Waals surface area contributed by atoms with E-state index in [1.54, 1.807) is 12.1 Å². The van der Waals surface area contributed by atoms with Crippen LogP contribution >= 0.6 is 0 Å². The third-order valence-electron chi connectivity index (χ3n) is 7.30. The lowest BCUT2D eigenvalue weighted by atomic mass is 9.81. The van der Waals surface area contributed by atoms with Gasteiger partial charge in [-0.1, -0.05) is 0 Å². The van der Waals surface area contributed by atoms with Crippen LogP contribution in [0.2, 0.25) is 0 Å². The number of aliphatic hydroxyl groups excluding tert-OH is 1. The van der Waals surface area contributed by atoms with Crippen molar-refractivity contribution in [3.05, 3.63) is 52.8 Å². The number of hydrogen-bond donors (Lipinski definition) is 1. The van der Waals surface area contributed by atoms with Gasteiger partial charge in [0.15, 0.2) is 5.78 Å². The number of aliphatic hydroxyl groups is 1. The van der Waals surface area contributed by atoms with Gasteiger partial charge < -0.3 is 9.67 Å². The van der Waals surface area contributed by atoms with E-state index in [2.05, 4.69) is 15.5 Å². The number of alkyl halides is 1. The van der Waals surface area contributed by atoms with E-state index in [9.17, 15) is 14.3 Å². The van der Waals surface area contributed by atoms with Crippen molar-refractivity contribution in [2.45, 2.75) is 69.3 Å². The summed E-state index contributed by atoms with van der Waals surface area (Å²) < 4.78 is 15.7. The summed E-state index contributed by atoms with van der Waals surface area (Å²) in [5.74, 6) is 0.156. The maximum atomic E-state index is 13.6. The van der Waals surface area contributed by atoms with Gasteiger partial charge in [0.1, 0.15) is 6.17 Å². The molecule has 0 amide bonds. The maximum Gasteiger partial charge on any atom is 0.178 e. The molecule has 2 unspecified atom stereocenters. The highest BCUT2D eigenvalue weighted by Crippen LogP contribution is 2.42. The molecular weight excluding hydrogens is 381 g/mol. The molecule has 2 bridgehead atoms. The Hall–Kier alpha value is -2.49. The molecule has 1 aliphatic carbocycles. The molecule has 1 aromatic heterocycles. The summed E-state index contributed by atoms with van der Waals surface area (Å²) in [5.41, 5.74) is 3.97. The number of carbonyl (C=O) groups is 1. The van der Waals surface area contributed by atoms with Gasteiger partial charge in [-0.05, 0) is 69.4 Å². The van der Waals surface area contributed by atoms with Gasteiger partial charge in [-0.15, -0.1) is 0 Å². The topological polar surface area (TPSA) is 69.3 Å². The molecule has 3 atom stereocenters. The van der Waals surface area contributed by atoms with E-state index in [0.29, 0.717) is 36.6 Å². The van der Waals surface area contributed by atoms with E-state index in [0.717, 1.165) is 36.3 Å². The van der Waals surface area contributed by atoms with E-state index in [4.69, 9.17) is 5.26 Å². The molecule has 5 rings (SSSR count). The number of ketones is 1. The monoisotopic (exact) mass is 407 g/mol. The molecule has 3 heterocycles. The zero-order chi connectivity index (χ0) is 21.0. The van der Waals surface area contributed by atoms with E-state index >= 15 is 0 Å². The van der Waals surface area contributed by atoms with Crippen molar-refractivity contribution in [2.24, 2.45) is 0 Å². The van der Waals surface area contributed by atoms with Crippen LogP contribution in [0, 0.1) is 18.3 Å². The molecule has 1 saturated carbocycles. The Morgan fingerprint density at radius 2 is 1.97 bits per heavy atom. The highest BCUT2D eigenvalue weighted by Gasteiger charge is 2.46. The van der Waals surface area contributed by atoms with E-state index < -0.39 is 6.17 Å². The first-order valence-electron chi connectivity index (χ1n) is 10.8. The standard InChI is InChI=1S/C24H26FN3O2/c1-14-20(24(30)13-27-19-6-7-21(27)23(29)10-19)11-22(16-8-17(25)9-16)28(14)18-4-2-15(12-26)3-5-18/h2-5,11,16-17,19,21,23,29H,6-10,13H2,1H3/t16?,17?,19?,21?,23-/m0/s1. The number of benzene rings is 1. The largest absolute Gasteiger partial charge is 0.391 e. The lowest BCUT2D eigenvalue weighted by Crippen LogP contribution is -2.36. The predicted octanol–water partition coefficient (Wildman–Crippen LogP) is 3.65. The van der Waals surface area contributed by atoms with Crippen molar-refractivity contribution in [3.63, 3.8) is 0 Å². The summed E-state index contributed by atoms with van der Waals surface area (Å²) in [5, 5.41) is 19.3. The zero-order valence-electron chi connectivity index (χ0n) is 17.1. The van der Waals surface area contributed by atoms with Gasteiger partial charge in [-0.2, -0.15) is 5.26 Å². The van der Waals surface area contributed by atoms with Gasteiger partial charge in [0.05, 0.1) is 24.3 Å². The van der Waals surface area contributed by atoms with Crippen molar-refractivity contribution in [2.75, 3.05) is 6.54 Å². The summed E-state index contributed by atoms with van der Waals surface area (Å²) in [6.07, 6.45) is 2.62. The number of fused-ring (bicyclic) bond motifs is 2. The van der Waals surface area contributed by atoms with Crippen LogP contribution in [0.4, 0.5) is 4.39 Å². The normalized spacial score (nSPS) is 30.3. The van der Waals surface area contributed by atoms with Crippen LogP contribution in [0.1, 0.15) is 65.3 Å². The lowest BCUT2D eigenvalue weighted by molar-refractivity contribution is 0.0873. The van der Waals surface area contributed by atoms with Gasteiger partial charge in [0.25, 0.3) is 0 Å². The van der Waals surface area contributed by atoms with Gasteiger partial charge >= 0.3 is 0 Å². The Morgan fingerprint density at radius 1 is 1.23 bits per heavy atom. The summed E-state index contributed by atoms with van der Waals surface area (Å²) in [4.78, 5) is 15.5. The maximum absolute atomic E-state index is 13.6. The molecule has 0 spiro atoms. The Balaban J connectivity index is 1.48. The Kier molecular flexibility index (Phi) is 4.76. The van der Waals surface area contributed by atoms with Crippen molar-refractivity contribution < 1.29 is 14.3 Å². The second-order valence-electron chi connectivity index (χ2n) is 9.03. The van der Waals surface area contributed by atoms with Crippen molar-refractivity contribution in [1.82, 2.24) is 9.47 Å². The minimum absolute atomic E-state index is 0.0586. The molecule has 3 aliphatic rings. The fraction of sp³-hybridized carbons (Fsp3) is 0.500. The molecule has 1 aromatic carbocycles. The third-order valence-corrected chi connectivity index (χ3v) is 7.30. The Bertz CT molecular complexity index is 1020. The SMILES string of the molecule is Cc1c(C(=O)CN2C3CCC2[C@@H](O)C3)cc(C2CC(F)C2)n1-c1ccc(C#N)cc1. The van der Waals surface area contributed by atoms with Crippen molar-refractivity contribution >= 4 is 5.78 Å². The lowest BCUT2D eigenvalue weighted by Gasteiger charge is -2.31. The number of carbonyl (C=O) groups excluding carboxylic acids is 1. The van der Waals surface area contributed by atoms with Crippen LogP contribution in [-0.2, 0) is 0 Å². The molecular formula is C24H26FN3O2. The predicted molar refractivity (Wildman–Crippen MR) is 111 cm³/mol. The molecule has 156 valence electrons. The fourth-order valence-electron chi connectivity index (χ4n) is 5.60. The molecule has 6 heteroatoms. The molecule has 0 radical (unpaired) electrons. The minimum atomic E-state index is -0.777. The second kappa shape index (κ2) is 7.33. The number of Topliss-reactive ketones (excluding diaryl/α,β-unsaturated/α-hetero) is 1. The van der Waals surface area contributed by atoms with Gasteiger partial charge in [0, 0.05) is 40.6 Å². The van der Waals surface area contributed by atoms with Crippen LogP contribution in [0.25, 0.3) is 5.69 Å². The summed E-state index contributed by atoms with van der Waals surface area (Å²) in [7, 11) is 0. The third kappa shape index (κ3) is 3.08. The Morgan fingerprint density at radius 3 is 2.53 bits per heavy atom. The zero-order valence-corrected chi connectivity index (χ0v) is 17.1. The second-order valence-corrected chi connectivity index (χ2v) is 9.03. The number of nitrogens with zero attached hydrogens (tertiary/aromatic N) is 3. The van der Waals surface area contributed by atoms with Gasteiger partial charge in [-0.25, -0.2) is 4.39 Å². The smallest absolute Gasteiger partial charge is 0.178 e. The molecule has 2 aliphatic heterocycles. The summed E-state index contributed by atoms with van der Waals surface area (Å²) >= 11 is 0. The van der Waals surface area contributed by atoms with E-state index in [1.165, 1.54) is 0 Å². The van der Waals surface area contributed by atoms with Crippen LogP contribution < -0.4 is 0 Å². The number of aromatic nitrogens is 1. The van der Waals surface area contributed by atoms with Gasteiger partial charge in [-0.3, -0.25) is 9.69 Å². The van der Waals surface area contributed by atoms with Crippen LogP contribution in [0.3, 0.4) is 0 Å². The number of halogens is 1. The minimum Gasteiger partial charge on any atom is -0.391 e. The van der Waals surface area contributed by atoms with E-state index in [-0.39, 0.29) is 23.8 Å². The van der Waals surface area contributed by atoms with Crippen LogP contribution in [-0.4, -0.2) is 51.3 Å².